The highest BCUT2D eigenvalue weighted by Crippen LogP contribution is 2.22. The van der Waals surface area contributed by atoms with Crippen LogP contribution >= 0.6 is 12.4 Å². The average molecular weight is 339 g/mol. The number of benzene rings is 1. The number of alkyl halides is 3. The zero-order chi connectivity index (χ0) is 15.3. The van der Waals surface area contributed by atoms with Crippen LogP contribution in [0.1, 0.15) is 29.6 Å². The maximum absolute atomic E-state index is 12.0. The van der Waals surface area contributed by atoms with Crippen LogP contribution in [-0.2, 0) is 0 Å². The Bertz CT molecular complexity index is 474. The van der Waals surface area contributed by atoms with Gasteiger partial charge >= 0.3 is 6.36 Å². The summed E-state index contributed by atoms with van der Waals surface area (Å²) < 4.78 is 39.8. The van der Waals surface area contributed by atoms with E-state index in [4.69, 9.17) is 0 Å². The molecule has 2 rings (SSSR count). The van der Waals surface area contributed by atoms with Gasteiger partial charge in [-0.05, 0) is 50.1 Å². The van der Waals surface area contributed by atoms with E-state index in [0.717, 1.165) is 37.9 Å². The maximum atomic E-state index is 12.0. The Labute approximate surface area is 132 Å². The van der Waals surface area contributed by atoms with Crippen LogP contribution in [0, 0.1) is 0 Å². The van der Waals surface area contributed by atoms with Gasteiger partial charge in [0.25, 0.3) is 5.91 Å². The molecule has 0 aliphatic carbocycles. The SMILES string of the molecule is Cl.O=C(NCC[C@H]1CCCN1)c1ccc(OC(F)(F)F)cc1. The number of hydrogen-bond donors (Lipinski definition) is 2. The fraction of sp³-hybridized carbons (Fsp3) is 0.500. The van der Waals surface area contributed by atoms with E-state index in [1.54, 1.807) is 0 Å². The molecule has 1 amide bonds. The fourth-order valence-corrected chi connectivity index (χ4v) is 2.27. The van der Waals surface area contributed by atoms with Crippen molar-refractivity contribution in [3.63, 3.8) is 0 Å². The van der Waals surface area contributed by atoms with E-state index in [2.05, 4.69) is 15.4 Å². The Morgan fingerprint density at radius 3 is 2.55 bits per heavy atom. The number of ether oxygens (including phenoxy) is 1. The monoisotopic (exact) mass is 338 g/mol. The van der Waals surface area contributed by atoms with E-state index in [1.807, 2.05) is 0 Å². The summed E-state index contributed by atoms with van der Waals surface area (Å²) in [4.78, 5) is 11.8. The molecule has 1 aliphatic rings. The molecular formula is C14H18ClF3N2O2. The summed E-state index contributed by atoms with van der Waals surface area (Å²) in [6, 6.07) is 5.31. The van der Waals surface area contributed by atoms with E-state index < -0.39 is 6.36 Å². The lowest BCUT2D eigenvalue weighted by Gasteiger charge is -2.11. The maximum Gasteiger partial charge on any atom is 0.573 e. The molecule has 1 heterocycles. The van der Waals surface area contributed by atoms with Gasteiger partial charge in [0.05, 0.1) is 0 Å². The third-order valence-corrected chi connectivity index (χ3v) is 3.29. The lowest BCUT2D eigenvalue weighted by molar-refractivity contribution is -0.274. The number of hydrogen-bond acceptors (Lipinski definition) is 3. The molecule has 1 aromatic carbocycles. The normalized spacial score (nSPS) is 17.7. The molecule has 0 unspecified atom stereocenters. The highest BCUT2D eigenvalue weighted by molar-refractivity contribution is 5.94. The van der Waals surface area contributed by atoms with Crippen molar-refractivity contribution in [2.24, 2.45) is 0 Å². The summed E-state index contributed by atoms with van der Waals surface area (Å²) in [6.07, 6.45) is -1.61. The summed E-state index contributed by atoms with van der Waals surface area (Å²) >= 11 is 0. The summed E-state index contributed by atoms with van der Waals surface area (Å²) in [7, 11) is 0. The van der Waals surface area contributed by atoms with E-state index >= 15 is 0 Å². The molecule has 2 N–H and O–H groups in total. The molecule has 8 heteroatoms. The van der Waals surface area contributed by atoms with Crippen LogP contribution in [0.5, 0.6) is 5.75 Å². The Morgan fingerprint density at radius 2 is 2.00 bits per heavy atom. The first-order chi connectivity index (χ1) is 9.94. The number of halogens is 4. The van der Waals surface area contributed by atoms with Crippen molar-refractivity contribution in [3.8, 4) is 5.75 Å². The third-order valence-electron chi connectivity index (χ3n) is 3.29. The van der Waals surface area contributed by atoms with Gasteiger partial charge in [-0.25, -0.2) is 0 Å². The second-order valence-electron chi connectivity index (χ2n) is 4.91. The van der Waals surface area contributed by atoms with Crippen molar-refractivity contribution >= 4 is 18.3 Å². The molecule has 0 radical (unpaired) electrons. The molecule has 0 aromatic heterocycles. The molecule has 124 valence electrons. The van der Waals surface area contributed by atoms with E-state index in [-0.39, 0.29) is 24.1 Å². The minimum Gasteiger partial charge on any atom is -0.406 e. The van der Waals surface area contributed by atoms with Gasteiger partial charge in [0, 0.05) is 18.2 Å². The molecule has 0 bridgehead atoms. The summed E-state index contributed by atoms with van der Waals surface area (Å²) in [5, 5.41) is 6.08. The molecule has 22 heavy (non-hydrogen) atoms. The lowest BCUT2D eigenvalue weighted by Crippen LogP contribution is -2.30. The molecule has 0 spiro atoms. The van der Waals surface area contributed by atoms with Crippen LogP contribution in [0.3, 0.4) is 0 Å². The van der Waals surface area contributed by atoms with Gasteiger partial charge in [0.15, 0.2) is 0 Å². The van der Waals surface area contributed by atoms with Crippen molar-refractivity contribution in [3.05, 3.63) is 29.8 Å². The van der Waals surface area contributed by atoms with E-state index in [9.17, 15) is 18.0 Å². The van der Waals surface area contributed by atoms with Crippen molar-refractivity contribution in [1.82, 2.24) is 10.6 Å². The largest absolute Gasteiger partial charge is 0.573 e. The molecule has 1 saturated heterocycles. The van der Waals surface area contributed by atoms with E-state index in [1.165, 1.54) is 12.1 Å². The number of carbonyl (C=O) groups is 1. The van der Waals surface area contributed by atoms with E-state index in [0.29, 0.717) is 18.2 Å². The van der Waals surface area contributed by atoms with Gasteiger partial charge in [-0.15, -0.1) is 25.6 Å². The molecular weight excluding hydrogens is 321 g/mol. The first kappa shape index (κ1) is 18.6. The molecule has 1 aromatic rings. The van der Waals surface area contributed by atoms with Gasteiger partial charge in [0.2, 0.25) is 0 Å². The minimum absolute atomic E-state index is 0. The van der Waals surface area contributed by atoms with Crippen LogP contribution in [0.4, 0.5) is 13.2 Å². The quantitative estimate of drug-likeness (QED) is 0.868. The van der Waals surface area contributed by atoms with Crippen LogP contribution in [-0.4, -0.2) is 31.4 Å². The van der Waals surface area contributed by atoms with Crippen molar-refractivity contribution in [2.45, 2.75) is 31.7 Å². The average Bonchev–Trinajstić information content (AvgIpc) is 2.91. The minimum atomic E-state index is -4.72. The lowest BCUT2D eigenvalue weighted by atomic mass is 10.1. The Balaban J connectivity index is 0.00000242. The molecule has 1 atom stereocenters. The van der Waals surface area contributed by atoms with Crippen molar-refractivity contribution < 1.29 is 22.7 Å². The smallest absolute Gasteiger partial charge is 0.406 e. The molecule has 1 aliphatic heterocycles. The zero-order valence-electron chi connectivity index (χ0n) is 11.8. The predicted molar refractivity (Wildman–Crippen MR) is 78.3 cm³/mol. The van der Waals surface area contributed by atoms with Crippen molar-refractivity contribution in [1.29, 1.82) is 0 Å². The fourth-order valence-electron chi connectivity index (χ4n) is 2.27. The van der Waals surface area contributed by atoms with Crippen LogP contribution < -0.4 is 15.4 Å². The third kappa shape index (κ3) is 6.11. The first-order valence-corrected chi connectivity index (χ1v) is 6.81. The van der Waals surface area contributed by atoms with Crippen molar-refractivity contribution in [2.75, 3.05) is 13.1 Å². The second-order valence-corrected chi connectivity index (χ2v) is 4.91. The standard InChI is InChI=1S/C14H17F3N2O2.ClH/c15-14(16,17)21-12-5-3-10(4-6-12)13(20)19-9-7-11-2-1-8-18-11;/h3-6,11,18H,1-2,7-9H2,(H,19,20);1H/t11-;/m1./s1. The second kappa shape index (κ2) is 8.24. The number of rotatable bonds is 5. The Hall–Kier alpha value is -1.47. The number of carbonyl (C=O) groups excluding carboxylic acids is 1. The van der Waals surface area contributed by atoms with Gasteiger partial charge < -0.3 is 15.4 Å². The first-order valence-electron chi connectivity index (χ1n) is 6.81. The van der Waals surface area contributed by atoms with Gasteiger partial charge in [0.1, 0.15) is 5.75 Å². The molecule has 4 nitrogen and oxygen atoms in total. The van der Waals surface area contributed by atoms with Crippen LogP contribution in [0.25, 0.3) is 0 Å². The van der Waals surface area contributed by atoms with Gasteiger partial charge in [-0.1, -0.05) is 0 Å². The number of nitrogens with one attached hydrogen (secondary N) is 2. The highest BCUT2D eigenvalue weighted by atomic mass is 35.5. The summed E-state index contributed by atoms with van der Waals surface area (Å²) in [5.74, 6) is -0.638. The zero-order valence-corrected chi connectivity index (χ0v) is 12.6. The molecule has 1 fully saturated rings. The van der Waals surface area contributed by atoms with Gasteiger partial charge in [-0.2, -0.15) is 0 Å². The molecule has 0 saturated carbocycles. The predicted octanol–water partition coefficient (Wildman–Crippen LogP) is 2.88. The Kier molecular flexibility index (Phi) is 6.96. The summed E-state index contributed by atoms with van der Waals surface area (Å²) in [5.41, 5.74) is 0.309. The summed E-state index contributed by atoms with van der Waals surface area (Å²) in [6.45, 7) is 1.55. The Morgan fingerprint density at radius 1 is 1.32 bits per heavy atom. The topological polar surface area (TPSA) is 50.4 Å². The van der Waals surface area contributed by atoms with Crippen LogP contribution in [0.15, 0.2) is 24.3 Å². The number of amides is 1. The van der Waals surface area contributed by atoms with Crippen LogP contribution in [0.2, 0.25) is 0 Å². The highest BCUT2D eigenvalue weighted by Gasteiger charge is 2.31. The van der Waals surface area contributed by atoms with Gasteiger partial charge in [-0.3, -0.25) is 4.79 Å².